The van der Waals surface area contributed by atoms with E-state index in [2.05, 4.69) is 4.98 Å². The Morgan fingerprint density at radius 1 is 1.10 bits per heavy atom. The van der Waals surface area contributed by atoms with Crippen molar-refractivity contribution < 1.29 is 4.79 Å². The van der Waals surface area contributed by atoms with E-state index in [0.717, 1.165) is 34.4 Å². The molecule has 0 aliphatic heterocycles. The second-order valence-electron chi connectivity index (χ2n) is 4.64. The first-order valence-corrected chi connectivity index (χ1v) is 6.44. The van der Waals surface area contributed by atoms with Gasteiger partial charge in [0.25, 0.3) is 0 Å². The van der Waals surface area contributed by atoms with Gasteiger partial charge in [0.15, 0.2) is 6.29 Å². The highest BCUT2D eigenvalue weighted by molar-refractivity contribution is 5.89. The lowest BCUT2D eigenvalue weighted by Crippen LogP contribution is -1.97. The first kappa shape index (κ1) is 12.4. The molecule has 0 aliphatic carbocycles. The summed E-state index contributed by atoms with van der Waals surface area (Å²) in [6.45, 7) is 1.95. The van der Waals surface area contributed by atoms with Crippen LogP contribution in [0.3, 0.4) is 0 Å². The smallest absolute Gasteiger partial charge is 0.152 e. The number of nitrogens with zero attached hydrogens (tertiary/aromatic N) is 2. The summed E-state index contributed by atoms with van der Waals surface area (Å²) in [6, 6.07) is 13.8. The molecule has 0 aliphatic rings. The lowest BCUT2D eigenvalue weighted by Gasteiger charge is -2.09. The molecule has 2 heterocycles. The van der Waals surface area contributed by atoms with Crippen molar-refractivity contribution in [2.24, 2.45) is 0 Å². The fourth-order valence-corrected chi connectivity index (χ4v) is 2.38. The van der Waals surface area contributed by atoms with Crippen LogP contribution in [0.4, 0.5) is 0 Å². The minimum absolute atomic E-state index is 0.722. The maximum Gasteiger partial charge on any atom is 0.152 e. The van der Waals surface area contributed by atoms with Crippen molar-refractivity contribution in [3.8, 4) is 16.9 Å². The molecule has 98 valence electrons. The molecular weight excluding hydrogens is 248 g/mol. The molecule has 0 fully saturated rings. The first-order valence-electron chi connectivity index (χ1n) is 6.44. The minimum Gasteiger partial charge on any atom is -0.314 e. The van der Waals surface area contributed by atoms with Crippen LogP contribution >= 0.6 is 0 Å². The SMILES string of the molecule is Cc1cn(-c2cccnc2)c(-c2ccccc2)c1C=O. The van der Waals surface area contributed by atoms with Crippen LogP contribution < -0.4 is 0 Å². The largest absolute Gasteiger partial charge is 0.314 e. The van der Waals surface area contributed by atoms with Crippen molar-refractivity contribution in [2.45, 2.75) is 6.92 Å². The lowest BCUT2D eigenvalue weighted by atomic mass is 10.1. The van der Waals surface area contributed by atoms with Gasteiger partial charge < -0.3 is 4.57 Å². The number of carbonyl (C=O) groups is 1. The van der Waals surface area contributed by atoms with Gasteiger partial charge in [-0.1, -0.05) is 30.3 Å². The van der Waals surface area contributed by atoms with Crippen LogP contribution in [0.15, 0.2) is 61.1 Å². The van der Waals surface area contributed by atoms with Crippen molar-refractivity contribution in [2.75, 3.05) is 0 Å². The van der Waals surface area contributed by atoms with Gasteiger partial charge in [-0.15, -0.1) is 0 Å². The van der Waals surface area contributed by atoms with Crippen molar-refractivity contribution >= 4 is 6.29 Å². The lowest BCUT2D eigenvalue weighted by molar-refractivity contribution is 0.112. The Morgan fingerprint density at radius 3 is 2.55 bits per heavy atom. The van der Waals surface area contributed by atoms with Crippen LogP contribution in [0.2, 0.25) is 0 Å². The van der Waals surface area contributed by atoms with Crippen molar-refractivity contribution in [3.63, 3.8) is 0 Å². The second-order valence-corrected chi connectivity index (χ2v) is 4.64. The second kappa shape index (κ2) is 5.13. The van der Waals surface area contributed by atoms with Gasteiger partial charge >= 0.3 is 0 Å². The van der Waals surface area contributed by atoms with E-state index in [9.17, 15) is 4.79 Å². The van der Waals surface area contributed by atoms with E-state index in [1.54, 1.807) is 12.4 Å². The van der Waals surface area contributed by atoms with Crippen LogP contribution in [0.5, 0.6) is 0 Å². The van der Waals surface area contributed by atoms with Crippen molar-refractivity contribution in [3.05, 3.63) is 72.2 Å². The zero-order valence-corrected chi connectivity index (χ0v) is 11.2. The molecule has 2 aromatic heterocycles. The van der Waals surface area contributed by atoms with Crippen LogP contribution in [0.1, 0.15) is 15.9 Å². The van der Waals surface area contributed by atoms with Gasteiger partial charge in [0.1, 0.15) is 0 Å². The number of aryl methyl sites for hydroxylation is 1. The van der Waals surface area contributed by atoms with E-state index in [-0.39, 0.29) is 0 Å². The topological polar surface area (TPSA) is 34.9 Å². The number of rotatable bonds is 3. The molecule has 0 radical (unpaired) electrons. The Bertz CT molecular complexity index is 730. The number of carbonyl (C=O) groups excluding carboxylic acids is 1. The highest BCUT2D eigenvalue weighted by Crippen LogP contribution is 2.29. The Hall–Kier alpha value is -2.68. The summed E-state index contributed by atoms with van der Waals surface area (Å²) in [4.78, 5) is 15.6. The number of hydrogen-bond donors (Lipinski definition) is 0. The predicted octanol–water partition coefficient (Wildman–Crippen LogP) is 3.66. The molecule has 0 spiro atoms. The summed E-state index contributed by atoms with van der Waals surface area (Å²) in [5, 5.41) is 0. The molecule has 0 unspecified atom stereocenters. The third kappa shape index (κ3) is 2.03. The molecule has 3 aromatic rings. The third-order valence-electron chi connectivity index (χ3n) is 3.33. The number of aldehydes is 1. The fourth-order valence-electron chi connectivity index (χ4n) is 2.38. The quantitative estimate of drug-likeness (QED) is 0.675. The summed E-state index contributed by atoms with van der Waals surface area (Å²) < 4.78 is 2.02. The van der Waals surface area contributed by atoms with Crippen LogP contribution in [0, 0.1) is 6.92 Å². The highest BCUT2D eigenvalue weighted by Gasteiger charge is 2.15. The fraction of sp³-hybridized carbons (Fsp3) is 0.0588. The van der Waals surface area contributed by atoms with E-state index >= 15 is 0 Å². The molecule has 3 nitrogen and oxygen atoms in total. The number of aromatic nitrogens is 2. The Kier molecular flexibility index (Phi) is 3.17. The van der Waals surface area contributed by atoms with Gasteiger partial charge in [-0.25, -0.2) is 0 Å². The van der Waals surface area contributed by atoms with Gasteiger partial charge in [-0.3, -0.25) is 9.78 Å². The van der Waals surface area contributed by atoms with Crippen LogP contribution in [0.25, 0.3) is 16.9 Å². The van der Waals surface area contributed by atoms with Crippen LogP contribution in [-0.4, -0.2) is 15.8 Å². The number of pyridine rings is 1. The van der Waals surface area contributed by atoms with Gasteiger partial charge in [-0.2, -0.15) is 0 Å². The minimum atomic E-state index is 0.722. The van der Waals surface area contributed by atoms with Gasteiger partial charge in [0, 0.05) is 18.0 Å². The standard InChI is InChI=1S/C17H14N2O/c1-13-11-19(15-8-5-9-18-10-15)17(16(13)12-20)14-6-3-2-4-7-14/h2-12H,1H3. The molecule has 20 heavy (non-hydrogen) atoms. The summed E-state index contributed by atoms with van der Waals surface area (Å²) in [7, 11) is 0. The first-order chi connectivity index (χ1) is 9.81. The van der Waals surface area contributed by atoms with E-state index in [4.69, 9.17) is 0 Å². The molecule has 0 atom stereocenters. The molecule has 3 rings (SSSR count). The summed E-state index contributed by atoms with van der Waals surface area (Å²) in [6.07, 6.45) is 6.43. The third-order valence-corrected chi connectivity index (χ3v) is 3.33. The summed E-state index contributed by atoms with van der Waals surface area (Å²) in [5.41, 5.74) is 4.56. The normalized spacial score (nSPS) is 10.4. The Labute approximate surface area is 117 Å². The zero-order chi connectivity index (χ0) is 13.9. The molecule has 3 heteroatoms. The molecule has 0 saturated heterocycles. The average Bonchev–Trinajstić information content (AvgIpc) is 2.85. The van der Waals surface area contributed by atoms with Crippen molar-refractivity contribution in [1.82, 2.24) is 9.55 Å². The number of benzene rings is 1. The van der Waals surface area contributed by atoms with Crippen molar-refractivity contribution in [1.29, 1.82) is 0 Å². The van der Waals surface area contributed by atoms with Gasteiger partial charge in [0.05, 0.1) is 17.6 Å². The molecular formula is C17H14N2O. The van der Waals surface area contributed by atoms with Crippen LogP contribution in [-0.2, 0) is 0 Å². The van der Waals surface area contributed by atoms with E-state index in [1.807, 2.05) is 60.2 Å². The highest BCUT2D eigenvalue weighted by atomic mass is 16.1. The van der Waals surface area contributed by atoms with E-state index in [1.165, 1.54) is 0 Å². The van der Waals surface area contributed by atoms with Gasteiger partial charge in [0.2, 0.25) is 0 Å². The molecule has 0 amide bonds. The molecule has 0 N–H and O–H groups in total. The Balaban J connectivity index is 2.29. The predicted molar refractivity (Wildman–Crippen MR) is 79.1 cm³/mol. The zero-order valence-electron chi connectivity index (χ0n) is 11.2. The van der Waals surface area contributed by atoms with E-state index in [0.29, 0.717) is 0 Å². The average molecular weight is 262 g/mol. The maximum absolute atomic E-state index is 11.4. The summed E-state index contributed by atoms with van der Waals surface area (Å²) >= 11 is 0. The monoisotopic (exact) mass is 262 g/mol. The Morgan fingerprint density at radius 2 is 1.90 bits per heavy atom. The number of hydrogen-bond acceptors (Lipinski definition) is 2. The van der Waals surface area contributed by atoms with E-state index < -0.39 is 0 Å². The molecule has 1 aromatic carbocycles. The molecule has 0 saturated carbocycles. The molecule has 0 bridgehead atoms. The maximum atomic E-state index is 11.4. The van der Waals surface area contributed by atoms with Gasteiger partial charge in [-0.05, 0) is 30.2 Å². The summed E-state index contributed by atoms with van der Waals surface area (Å²) in [5.74, 6) is 0.